The van der Waals surface area contributed by atoms with Gasteiger partial charge in [0, 0.05) is 30.5 Å². The van der Waals surface area contributed by atoms with E-state index in [0.717, 1.165) is 41.1 Å². The van der Waals surface area contributed by atoms with E-state index in [0.29, 0.717) is 24.9 Å². The molecule has 0 atom stereocenters. The predicted molar refractivity (Wildman–Crippen MR) is 112 cm³/mol. The van der Waals surface area contributed by atoms with Crippen LogP contribution in [0, 0.1) is 0 Å². The fourth-order valence-corrected chi connectivity index (χ4v) is 4.45. The maximum atomic E-state index is 12.9. The van der Waals surface area contributed by atoms with Gasteiger partial charge in [-0.3, -0.25) is 4.68 Å². The van der Waals surface area contributed by atoms with Gasteiger partial charge in [0.25, 0.3) is 0 Å². The van der Waals surface area contributed by atoms with Crippen LogP contribution in [0.15, 0.2) is 6.33 Å². The van der Waals surface area contributed by atoms with Gasteiger partial charge >= 0.3 is 6.09 Å². The zero-order valence-corrected chi connectivity index (χ0v) is 18.9. The molecule has 0 aromatic carbocycles. The van der Waals surface area contributed by atoms with E-state index in [1.807, 2.05) is 32.5 Å². The van der Waals surface area contributed by atoms with Crippen molar-refractivity contribution in [2.45, 2.75) is 70.9 Å². The number of rotatable bonds is 3. The van der Waals surface area contributed by atoms with Crippen LogP contribution in [0.4, 0.5) is 4.79 Å². The van der Waals surface area contributed by atoms with Crippen LogP contribution in [0.1, 0.15) is 70.3 Å². The summed E-state index contributed by atoms with van der Waals surface area (Å²) in [4.78, 5) is 23.6. The Morgan fingerprint density at radius 2 is 1.93 bits per heavy atom. The molecule has 1 amide bonds. The molecule has 8 heteroatoms. The summed E-state index contributed by atoms with van der Waals surface area (Å²) in [6.07, 6.45) is 3.47. The zero-order chi connectivity index (χ0) is 21.8. The average molecular weight is 414 g/mol. The Balaban J connectivity index is 1.83. The van der Waals surface area contributed by atoms with Crippen LogP contribution in [0.5, 0.6) is 5.88 Å². The van der Waals surface area contributed by atoms with Crippen LogP contribution in [0.2, 0.25) is 0 Å². The summed E-state index contributed by atoms with van der Waals surface area (Å²) in [7, 11) is 3.58. The Labute approximate surface area is 177 Å². The van der Waals surface area contributed by atoms with Crippen LogP contribution < -0.4 is 4.74 Å². The smallest absolute Gasteiger partial charge is 0.410 e. The van der Waals surface area contributed by atoms with Gasteiger partial charge in [-0.1, -0.05) is 13.8 Å². The molecule has 4 rings (SSSR count). The minimum atomic E-state index is -0.547. The first-order chi connectivity index (χ1) is 14.0. The van der Waals surface area contributed by atoms with E-state index >= 15 is 0 Å². The molecule has 0 spiro atoms. The normalized spacial score (nSPS) is 18.2. The highest BCUT2D eigenvalue weighted by Gasteiger charge is 2.42. The average Bonchev–Trinajstić information content (AvgIpc) is 3.42. The molecular weight excluding hydrogens is 382 g/mol. The minimum Gasteiger partial charge on any atom is -0.480 e. The first-order valence-corrected chi connectivity index (χ1v) is 10.5. The maximum Gasteiger partial charge on any atom is 0.410 e. The van der Waals surface area contributed by atoms with E-state index in [4.69, 9.17) is 14.6 Å². The summed E-state index contributed by atoms with van der Waals surface area (Å²) in [6.45, 7) is 10.9. The largest absolute Gasteiger partial charge is 0.480 e. The number of hydrogen-bond donors (Lipinski definition) is 0. The van der Waals surface area contributed by atoms with Crippen LogP contribution in [-0.2, 0) is 23.7 Å². The Bertz CT molecular complexity index is 985. The van der Waals surface area contributed by atoms with Gasteiger partial charge in [-0.25, -0.2) is 14.8 Å². The second kappa shape index (κ2) is 6.96. The van der Waals surface area contributed by atoms with Crippen molar-refractivity contribution in [2.75, 3.05) is 13.7 Å². The molecule has 162 valence electrons. The number of amides is 1. The monoisotopic (exact) mass is 413 g/mol. The Hall–Kier alpha value is -2.64. The summed E-state index contributed by atoms with van der Waals surface area (Å²) >= 11 is 0. The minimum absolute atomic E-state index is 0.285. The second-order valence-electron chi connectivity index (χ2n) is 9.94. The SMILES string of the molecule is COc1ncnc(C2CC2)c1-c1nn(C)c2c1CN(C(=O)OC(C)(C)C)CC2(C)C. The van der Waals surface area contributed by atoms with Gasteiger partial charge in [0.05, 0.1) is 30.6 Å². The molecule has 30 heavy (non-hydrogen) atoms. The molecule has 2 aromatic rings. The number of carbonyl (C=O) groups is 1. The molecule has 0 bridgehead atoms. The Morgan fingerprint density at radius 3 is 2.53 bits per heavy atom. The van der Waals surface area contributed by atoms with Gasteiger partial charge in [-0.15, -0.1) is 0 Å². The fourth-order valence-electron chi connectivity index (χ4n) is 4.45. The second-order valence-corrected chi connectivity index (χ2v) is 9.94. The molecule has 0 N–H and O–H groups in total. The quantitative estimate of drug-likeness (QED) is 0.761. The maximum absolute atomic E-state index is 12.9. The van der Waals surface area contributed by atoms with Crippen molar-refractivity contribution in [3.8, 4) is 17.1 Å². The molecule has 3 heterocycles. The number of ether oxygens (including phenoxy) is 2. The Kier molecular flexibility index (Phi) is 4.78. The van der Waals surface area contributed by atoms with Crippen LogP contribution in [0.3, 0.4) is 0 Å². The number of aryl methyl sites for hydroxylation is 1. The van der Waals surface area contributed by atoms with Crippen molar-refractivity contribution < 1.29 is 14.3 Å². The third kappa shape index (κ3) is 3.63. The number of carbonyl (C=O) groups excluding carboxylic acids is 1. The van der Waals surface area contributed by atoms with Gasteiger partial charge < -0.3 is 14.4 Å². The van der Waals surface area contributed by atoms with Gasteiger partial charge in [-0.05, 0) is 33.6 Å². The summed E-state index contributed by atoms with van der Waals surface area (Å²) in [5, 5.41) is 4.88. The number of aromatic nitrogens is 4. The molecule has 1 fully saturated rings. The number of fused-ring (bicyclic) bond motifs is 1. The van der Waals surface area contributed by atoms with E-state index in [9.17, 15) is 4.79 Å². The molecule has 2 aromatic heterocycles. The molecule has 1 aliphatic heterocycles. The van der Waals surface area contributed by atoms with Crippen LogP contribution >= 0.6 is 0 Å². The topological polar surface area (TPSA) is 82.4 Å². The lowest BCUT2D eigenvalue weighted by atomic mass is 9.81. The van der Waals surface area contributed by atoms with E-state index in [1.165, 1.54) is 0 Å². The van der Waals surface area contributed by atoms with Crippen molar-refractivity contribution >= 4 is 6.09 Å². The molecule has 8 nitrogen and oxygen atoms in total. The molecule has 1 aliphatic carbocycles. The fraction of sp³-hybridized carbons (Fsp3) is 0.636. The van der Waals surface area contributed by atoms with Gasteiger partial charge in [0.1, 0.15) is 17.6 Å². The molecular formula is C22H31N5O3. The van der Waals surface area contributed by atoms with E-state index in [2.05, 4.69) is 23.8 Å². The molecule has 0 unspecified atom stereocenters. The Morgan fingerprint density at radius 1 is 1.23 bits per heavy atom. The third-order valence-corrected chi connectivity index (χ3v) is 5.61. The zero-order valence-electron chi connectivity index (χ0n) is 18.9. The van der Waals surface area contributed by atoms with Crippen molar-refractivity contribution in [3.05, 3.63) is 23.3 Å². The summed E-state index contributed by atoms with van der Waals surface area (Å²) < 4.78 is 13.2. The van der Waals surface area contributed by atoms with Crippen LogP contribution in [-0.4, -0.2) is 50.0 Å². The molecule has 1 saturated carbocycles. The van der Waals surface area contributed by atoms with E-state index in [1.54, 1.807) is 18.3 Å². The highest BCUT2D eigenvalue weighted by atomic mass is 16.6. The predicted octanol–water partition coefficient (Wildman–Crippen LogP) is 3.79. The van der Waals surface area contributed by atoms with Crippen molar-refractivity contribution in [1.29, 1.82) is 0 Å². The highest BCUT2D eigenvalue weighted by molar-refractivity contribution is 5.75. The highest BCUT2D eigenvalue weighted by Crippen LogP contribution is 2.47. The summed E-state index contributed by atoms with van der Waals surface area (Å²) in [5.41, 5.74) is 3.92. The van der Waals surface area contributed by atoms with Crippen LogP contribution in [0.25, 0.3) is 11.3 Å². The van der Waals surface area contributed by atoms with Crippen molar-refractivity contribution in [3.63, 3.8) is 0 Å². The number of methoxy groups -OCH3 is 1. The lowest BCUT2D eigenvalue weighted by Crippen LogP contribution is -2.47. The van der Waals surface area contributed by atoms with Crippen molar-refractivity contribution in [1.82, 2.24) is 24.6 Å². The first kappa shape index (κ1) is 20.6. The lowest BCUT2D eigenvalue weighted by molar-refractivity contribution is 0.0170. The number of nitrogens with zero attached hydrogens (tertiary/aromatic N) is 5. The molecule has 0 radical (unpaired) electrons. The summed E-state index contributed by atoms with van der Waals surface area (Å²) in [6, 6.07) is 0. The van der Waals surface area contributed by atoms with Gasteiger partial charge in [-0.2, -0.15) is 5.10 Å². The molecule has 0 saturated heterocycles. The summed E-state index contributed by atoms with van der Waals surface area (Å²) in [5.74, 6) is 0.938. The van der Waals surface area contributed by atoms with Crippen molar-refractivity contribution in [2.24, 2.45) is 7.05 Å². The van der Waals surface area contributed by atoms with Gasteiger partial charge in [0.15, 0.2) is 0 Å². The third-order valence-electron chi connectivity index (χ3n) is 5.61. The van der Waals surface area contributed by atoms with Gasteiger partial charge in [0.2, 0.25) is 5.88 Å². The number of hydrogen-bond acceptors (Lipinski definition) is 6. The first-order valence-electron chi connectivity index (χ1n) is 10.5. The molecule has 2 aliphatic rings. The van der Waals surface area contributed by atoms with E-state index < -0.39 is 5.60 Å². The lowest BCUT2D eigenvalue weighted by Gasteiger charge is -2.39. The standard InChI is InChI=1S/C22H31N5O3/c1-21(2,3)30-20(28)27-10-14-17(25-26(6)18(14)22(4,5)11-27)15-16(13-8-9-13)23-12-24-19(15)29-7/h12-13H,8-11H2,1-7H3. The van der Waals surface area contributed by atoms with E-state index in [-0.39, 0.29) is 11.5 Å².